The van der Waals surface area contributed by atoms with E-state index < -0.39 is 5.82 Å². The molecule has 1 aromatic heterocycles. The van der Waals surface area contributed by atoms with E-state index in [9.17, 15) is 9.18 Å². The Kier molecular flexibility index (Phi) is 2.55. The zero-order valence-corrected chi connectivity index (χ0v) is 8.64. The highest BCUT2D eigenvalue weighted by Gasteiger charge is 2.08. The predicted octanol–water partition coefficient (Wildman–Crippen LogP) is 2.58. The maximum atomic E-state index is 13.3. The molecule has 1 aromatic carbocycles. The van der Waals surface area contributed by atoms with Gasteiger partial charge in [-0.2, -0.15) is 0 Å². The summed E-state index contributed by atoms with van der Waals surface area (Å²) < 4.78 is 23.6. The number of halogens is 1. The number of methoxy groups -OCH3 is 1. The summed E-state index contributed by atoms with van der Waals surface area (Å²) in [6.07, 6.45) is 0. The lowest BCUT2D eigenvalue weighted by Gasteiger charge is -2.00. The van der Waals surface area contributed by atoms with Crippen molar-refractivity contribution in [2.75, 3.05) is 7.11 Å². The molecule has 0 fully saturated rings. The summed E-state index contributed by atoms with van der Waals surface area (Å²) in [6.45, 7) is 0.346. The first-order valence-electron chi connectivity index (χ1n) is 4.12. The highest BCUT2D eigenvalue weighted by Crippen LogP contribution is 2.35. The van der Waals surface area contributed by atoms with Gasteiger partial charge in [0.1, 0.15) is 0 Å². The van der Waals surface area contributed by atoms with Crippen LogP contribution in [0.25, 0.3) is 10.1 Å². The predicted molar refractivity (Wildman–Crippen MR) is 55.0 cm³/mol. The van der Waals surface area contributed by atoms with Crippen molar-refractivity contribution in [2.24, 2.45) is 0 Å². The second kappa shape index (κ2) is 3.86. The number of hydrogen-bond acceptors (Lipinski definition) is 4. The van der Waals surface area contributed by atoms with Crippen LogP contribution in [0, 0.1) is 5.82 Å². The number of fused-ring (bicyclic) bond motifs is 1. The summed E-state index contributed by atoms with van der Waals surface area (Å²) >= 11 is 1.26. The Labute approximate surface area is 89.0 Å². The zero-order chi connectivity index (χ0) is 10.8. The zero-order valence-electron chi connectivity index (χ0n) is 7.82. The maximum Gasteiger partial charge on any atom is 0.299 e. The Morgan fingerprint density at radius 1 is 1.40 bits per heavy atom. The fourth-order valence-electron chi connectivity index (χ4n) is 1.28. The molecule has 0 saturated carbocycles. The van der Waals surface area contributed by atoms with Gasteiger partial charge in [0.15, 0.2) is 16.6 Å². The smallest absolute Gasteiger partial charge is 0.299 e. The van der Waals surface area contributed by atoms with Crippen LogP contribution in [0.2, 0.25) is 0 Å². The van der Waals surface area contributed by atoms with Gasteiger partial charge in [0, 0.05) is 16.8 Å². The Balaban J connectivity index is 2.55. The first-order chi connectivity index (χ1) is 7.24. The van der Waals surface area contributed by atoms with Crippen molar-refractivity contribution in [1.29, 1.82) is 0 Å². The number of benzene rings is 1. The summed E-state index contributed by atoms with van der Waals surface area (Å²) in [5, 5.41) is 1.13. The minimum absolute atomic E-state index is 0.182. The summed E-state index contributed by atoms with van der Waals surface area (Å²) in [6, 6.07) is 4.53. The van der Waals surface area contributed by atoms with Crippen molar-refractivity contribution in [3.8, 4) is 10.8 Å². The van der Waals surface area contributed by atoms with Gasteiger partial charge in [0.25, 0.3) is 6.47 Å². The quantitative estimate of drug-likeness (QED) is 0.754. The Morgan fingerprint density at radius 2 is 2.20 bits per heavy atom. The summed E-state index contributed by atoms with van der Waals surface area (Å²) in [5.74, 6) is -0.248. The fraction of sp³-hybridized carbons (Fsp3) is 0.100. The first kappa shape index (κ1) is 9.92. The highest BCUT2D eigenvalue weighted by molar-refractivity contribution is 7.20. The lowest BCUT2D eigenvalue weighted by Crippen LogP contribution is -1.86. The number of carbonyl (C=O) groups is 1. The van der Waals surface area contributed by atoms with Crippen LogP contribution in [0.5, 0.6) is 10.8 Å². The van der Waals surface area contributed by atoms with E-state index in [-0.39, 0.29) is 5.75 Å². The number of ether oxygens (including phenoxy) is 2. The molecule has 0 aliphatic carbocycles. The van der Waals surface area contributed by atoms with Crippen LogP contribution in [0.15, 0.2) is 18.2 Å². The molecule has 0 atom stereocenters. The summed E-state index contributed by atoms with van der Waals surface area (Å²) in [5.41, 5.74) is 0. The molecule has 0 amide bonds. The van der Waals surface area contributed by atoms with Gasteiger partial charge in [-0.15, -0.1) is 0 Å². The van der Waals surface area contributed by atoms with Gasteiger partial charge in [-0.1, -0.05) is 11.3 Å². The third-order valence-electron chi connectivity index (χ3n) is 1.93. The fourth-order valence-corrected chi connectivity index (χ4v) is 2.17. The standard InChI is InChI=1S/C10H7FO3S/c1-13-8-4-9-6(2-7(8)11)3-10(15-9)14-5-12/h2-5H,1H3. The van der Waals surface area contributed by atoms with Crippen LogP contribution >= 0.6 is 11.3 Å². The van der Waals surface area contributed by atoms with Gasteiger partial charge < -0.3 is 9.47 Å². The van der Waals surface area contributed by atoms with Crippen molar-refractivity contribution >= 4 is 27.9 Å². The first-order valence-corrected chi connectivity index (χ1v) is 4.93. The normalized spacial score (nSPS) is 10.3. The van der Waals surface area contributed by atoms with Crippen molar-refractivity contribution < 1.29 is 18.7 Å². The van der Waals surface area contributed by atoms with Gasteiger partial charge in [-0.05, 0) is 11.5 Å². The average Bonchev–Trinajstić information content (AvgIpc) is 2.58. The van der Waals surface area contributed by atoms with Crippen LogP contribution in [0.3, 0.4) is 0 Å². The molecule has 1 heterocycles. The molecule has 0 saturated heterocycles. The topological polar surface area (TPSA) is 35.5 Å². The van der Waals surface area contributed by atoms with Crippen molar-refractivity contribution in [1.82, 2.24) is 0 Å². The van der Waals surface area contributed by atoms with E-state index in [2.05, 4.69) is 4.74 Å². The molecule has 0 unspecified atom stereocenters. The van der Waals surface area contributed by atoms with Crippen molar-refractivity contribution in [3.63, 3.8) is 0 Å². The van der Waals surface area contributed by atoms with Gasteiger partial charge in [-0.3, -0.25) is 4.79 Å². The number of hydrogen-bond donors (Lipinski definition) is 0. The third kappa shape index (κ3) is 1.78. The summed E-state index contributed by atoms with van der Waals surface area (Å²) in [7, 11) is 1.40. The molecule has 0 radical (unpaired) electrons. The molecular formula is C10H7FO3S. The molecule has 78 valence electrons. The van der Waals surface area contributed by atoms with E-state index in [1.165, 1.54) is 24.5 Å². The minimum Gasteiger partial charge on any atom is -0.494 e. The van der Waals surface area contributed by atoms with Crippen LogP contribution in [-0.4, -0.2) is 13.6 Å². The van der Waals surface area contributed by atoms with Crippen LogP contribution in [0.4, 0.5) is 4.39 Å². The minimum atomic E-state index is -0.430. The van der Waals surface area contributed by atoms with Crippen molar-refractivity contribution in [3.05, 3.63) is 24.0 Å². The highest BCUT2D eigenvalue weighted by atomic mass is 32.1. The average molecular weight is 226 g/mol. The number of carbonyl (C=O) groups excluding carboxylic acids is 1. The monoisotopic (exact) mass is 226 g/mol. The van der Waals surface area contributed by atoms with Gasteiger partial charge in [0.05, 0.1) is 7.11 Å². The lowest BCUT2D eigenvalue weighted by atomic mass is 10.2. The van der Waals surface area contributed by atoms with Gasteiger partial charge in [0.2, 0.25) is 0 Å². The molecule has 0 spiro atoms. The molecule has 5 heteroatoms. The molecule has 2 aromatic rings. The lowest BCUT2D eigenvalue weighted by molar-refractivity contribution is -0.120. The Hall–Kier alpha value is -1.62. The van der Waals surface area contributed by atoms with Gasteiger partial charge >= 0.3 is 0 Å². The van der Waals surface area contributed by atoms with Crippen LogP contribution in [-0.2, 0) is 4.79 Å². The molecule has 0 aliphatic heterocycles. The third-order valence-corrected chi connectivity index (χ3v) is 2.92. The second-order valence-corrected chi connectivity index (χ2v) is 3.85. The summed E-state index contributed by atoms with van der Waals surface area (Å²) in [4.78, 5) is 10.1. The van der Waals surface area contributed by atoms with Crippen LogP contribution in [0.1, 0.15) is 0 Å². The Bertz CT molecular complexity index is 507. The molecule has 0 aliphatic rings. The molecule has 3 nitrogen and oxygen atoms in total. The largest absolute Gasteiger partial charge is 0.494 e. The maximum absolute atomic E-state index is 13.3. The second-order valence-electron chi connectivity index (χ2n) is 2.80. The van der Waals surface area contributed by atoms with E-state index in [1.807, 2.05) is 0 Å². The molecular weight excluding hydrogens is 219 g/mol. The Morgan fingerprint density at radius 3 is 2.87 bits per heavy atom. The van der Waals surface area contributed by atoms with Gasteiger partial charge in [-0.25, -0.2) is 4.39 Å². The van der Waals surface area contributed by atoms with E-state index in [0.29, 0.717) is 16.9 Å². The van der Waals surface area contributed by atoms with E-state index in [1.54, 1.807) is 12.1 Å². The number of rotatable bonds is 3. The molecule has 0 bridgehead atoms. The van der Waals surface area contributed by atoms with E-state index in [0.717, 1.165) is 4.70 Å². The van der Waals surface area contributed by atoms with E-state index >= 15 is 0 Å². The van der Waals surface area contributed by atoms with Crippen molar-refractivity contribution in [2.45, 2.75) is 0 Å². The molecule has 0 N–H and O–H groups in total. The SMILES string of the molecule is COc1cc2sc(OC=O)cc2cc1F. The van der Waals surface area contributed by atoms with E-state index in [4.69, 9.17) is 4.74 Å². The number of thiophene rings is 1. The molecule has 15 heavy (non-hydrogen) atoms. The molecule has 2 rings (SSSR count). The van der Waals surface area contributed by atoms with Crippen LogP contribution < -0.4 is 9.47 Å².